The third-order valence-corrected chi connectivity index (χ3v) is 5.27. The zero-order valence-corrected chi connectivity index (χ0v) is 13.9. The highest BCUT2D eigenvalue weighted by Gasteiger charge is 2.35. The van der Waals surface area contributed by atoms with Crippen LogP contribution in [0.15, 0.2) is 0 Å². The summed E-state index contributed by atoms with van der Waals surface area (Å²) in [6.07, 6.45) is 7.76. The maximum atomic E-state index is 12.8. The van der Waals surface area contributed by atoms with Crippen molar-refractivity contribution in [1.82, 2.24) is 10.2 Å². The van der Waals surface area contributed by atoms with Crippen LogP contribution >= 0.6 is 0 Å². The van der Waals surface area contributed by atoms with Gasteiger partial charge >= 0.3 is 0 Å². The Balaban J connectivity index is 1.90. The molecule has 0 aromatic heterocycles. The lowest BCUT2D eigenvalue weighted by Crippen LogP contribution is -2.44. The molecule has 2 saturated heterocycles. The van der Waals surface area contributed by atoms with Gasteiger partial charge in [0, 0.05) is 38.2 Å². The number of carbonyl (C=O) groups excluding carboxylic acids is 1. The van der Waals surface area contributed by atoms with Gasteiger partial charge in [-0.05, 0) is 44.4 Å². The van der Waals surface area contributed by atoms with Gasteiger partial charge in [-0.1, -0.05) is 13.8 Å². The van der Waals surface area contributed by atoms with Crippen molar-refractivity contribution in [1.29, 1.82) is 0 Å². The van der Waals surface area contributed by atoms with Crippen molar-refractivity contribution >= 4 is 5.91 Å². The Morgan fingerprint density at radius 1 is 1.24 bits per heavy atom. The van der Waals surface area contributed by atoms with Crippen LogP contribution in [0.25, 0.3) is 0 Å². The van der Waals surface area contributed by atoms with E-state index in [0.29, 0.717) is 36.6 Å². The standard InChI is InChI=1S/C17H32N2O2/c1-4-16(5-2)19(8-9-21-3)17(20)12-13-10-14-6-7-15(11-13)18-14/h13-16,18H,4-12H2,1-3H3. The monoisotopic (exact) mass is 296 g/mol. The summed E-state index contributed by atoms with van der Waals surface area (Å²) in [5, 5.41) is 3.66. The molecule has 1 N–H and O–H groups in total. The van der Waals surface area contributed by atoms with E-state index < -0.39 is 0 Å². The van der Waals surface area contributed by atoms with Gasteiger partial charge in [-0.2, -0.15) is 0 Å². The molecule has 4 heteroatoms. The van der Waals surface area contributed by atoms with Gasteiger partial charge in [0.2, 0.25) is 5.91 Å². The fraction of sp³-hybridized carbons (Fsp3) is 0.941. The second-order valence-electron chi connectivity index (χ2n) is 6.73. The SMILES string of the molecule is CCC(CC)N(CCOC)C(=O)CC1CC2CCC(C1)N2. The normalized spacial score (nSPS) is 28.1. The highest BCUT2D eigenvalue weighted by molar-refractivity contribution is 5.76. The Morgan fingerprint density at radius 3 is 2.38 bits per heavy atom. The van der Waals surface area contributed by atoms with E-state index in [1.165, 1.54) is 25.7 Å². The van der Waals surface area contributed by atoms with Crippen LogP contribution in [0.4, 0.5) is 0 Å². The van der Waals surface area contributed by atoms with E-state index >= 15 is 0 Å². The molecule has 2 fully saturated rings. The molecule has 0 radical (unpaired) electrons. The summed E-state index contributed by atoms with van der Waals surface area (Å²) >= 11 is 0. The number of hydrogen-bond acceptors (Lipinski definition) is 3. The van der Waals surface area contributed by atoms with Crippen LogP contribution in [0.1, 0.15) is 58.8 Å². The molecule has 0 aromatic carbocycles. The highest BCUT2D eigenvalue weighted by atomic mass is 16.5. The van der Waals surface area contributed by atoms with E-state index in [0.717, 1.165) is 25.8 Å². The van der Waals surface area contributed by atoms with Crippen molar-refractivity contribution in [3.63, 3.8) is 0 Å². The first-order valence-electron chi connectivity index (χ1n) is 8.72. The minimum absolute atomic E-state index is 0.340. The van der Waals surface area contributed by atoms with Crippen molar-refractivity contribution in [2.24, 2.45) is 5.92 Å². The molecular formula is C17H32N2O2. The van der Waals surface area contributed by atoms with Crippen molar-refractivity contribution in [3.05, 3.63) is 0 Å². The summed E-state index contributed by atoms with van der Waals surface area (Å²) in [5.74, 6) is 0.919. The molecule has 2 unspecified atom stereocenters. The molecule has 4 nitrogen and oxygen atoms in total. The summed E-state index contributed by atoms with van der Waals surface area (Å²) in [6.45, 7) is 5.72. The number of methoxy groups -OCH3 is 1. The van der Waals surface area contributed by atoms with E-state index in [-0.39, 0.29) is 0 Å². The first kappa shape index (κ1) is 16.8. The zero-order chi connectivity index (χ0) is 15.2. The van der Waals surface area contributed by atoms with Crippen molar-refractivity contribution in [2.45, 2.75) is 76.9 Å². The molecular weight excluding hydrogens is 264 g/mol. The summed E-state index contributed by atoms with van der Waals surface area (Å²) in [6, 6.07) is 1.70. The minimum atomic E-state index is 0.340. The van der Waals surface area contributed by atoms with E-state index in [1.807, 2.05) is 0 Å². The quantitative estimate of drug-likeness (QED) is 0.748. The number of nitrogens with zero attached hydrogens (tertiary/aromatic N) is 1. The van der Waals surface area contributed by atoms with E-state index in [9.17, 15) is 4.79 Å². The summed E-state index contributed by atoms with van der Waals surface area (Å²) in [7, 11) is 1.71. The van der Waals surface area contributed by atoms with Crippen molar-refractivity contribution in [3.8, 4) is 0 Å². The minimum Gasteiger partial charge on any atom is -0.383 e. The van der Waals surface area contributed by atoms with Crippen LogP contribution in [0.5, 0.6) is 0 Å². The molecule has 2 aliphatic rings. The van der Waals surface area contributed by atoms with Gasteiger partial charge in [-0.25, -0.2) is 0 Å². The molecule has 2 aliphatic heterocycles. The Kier molecular flexibility index (Phi) is 6.49. The Hall–Kier alpha value is -0.610. The first-order valence-corrected chi connectivity index (χ1v) is 8.72. The predicted molar refractivity (Wildman–Crippen MR) is 85.2 cm³/mol. The summed E-state index contributed by atoms with van der Waals surface area (Å²) in [4.78, 5) is 14.8. The highest BCUT2D eigenvalue weighted by Crippen LogP contribution is 2.33. The molecule has 122 valence electrons. The Labute approximate surface area is 129 Å². The molecule has 2 rings (SSSR count). The Bertz CT molecular complexity index is 319. The summed E-state index contributed by atoms with van der Waals surface area (Å²) in [5.41, 5.74) is 0. The second kappa shape index (κ2) is 8.14. The number of ether oxygens (including phenoxy) is 1. The molecule has 0 spiro atoms. The van der Waals surface area contributed by atoms with Crippen LogP contribution in [0.2, 0.25) is 0 Å². The van der Waals surface area contributed by atoms with Crippen molar-refractivity contribution < 1.29 is 9.53 Å². The average molecular weight is 296 g/mol. The lowest BCUT2D eigenvalue weighted by atomic mass is 9.89. The zero-order valence-electron chi connectivity index (χ0n) is 13.9. The fourth-order valence-electron chi connectivity index (χ4n) is 4.14. The number of piperidine rings is 1. The lowest BCUT2D eigenvalue weighted by molar-refractivity contribution is -0.135. The largest absolute Gasteiger partial charge is 0.383 e. The number of hydrogen-bond donors (Lipinski definition) is 1. The van der Waals surface area contributed by atoms with Gasteiger partial charge < -0.3 is 15.0 Å². The maximum absolute atomic E-state index is 12.8. The van der Waals surface area contributed by atoms with Crippen molar-refractivity contribution in [2.75, 3.05) is 20.3 Å². The van der Waals surface area contributed by atoms with Gasteiger partial charge in [0.05, 0.1) is 6.61 Å². The van der Waals surface area contributed by atoms with E-state index in [4.69, 9.17) is 4.74 Å². The number of fused-ring (bicyclic) bond motifs is 2. The van der Waals surface area contributed by atoms with E-state index in [1.54, 1.807) is 7.11 Å². The predicted octanol–water partition coefficient (Wildman–Crippen LogP) is 2.57. The van der Waals surface area contributed by atoms with Gasteiger partial charge in [0.15, 0.2) is 0 Å². The van der Waals surface area contributed by atoms with Crippen LogP contribution in [0.3, 0.4) is 0 Å². The smallest absolute Gasteiger partial charge is 0.223 e. The van der Waals surface area contributed by atoms with Gasteiger partial charge in [0.25, 0.3) is 0 Å². The van der Waals surface area contributed by atoms with Gasteiger partial charge in [-0.3, -0.25) is 4.79 Å². The van der Waals surface area contributed by atoms with Crippen LogP contribution in [-0.4, -0.2) is 49.2 Å². The third-order valence-electron chi connectivity index (χ3n) is 5.27. The first-order chi connectivity index (χ1) is 10.2. The Morgan fingerprint density at radius 2 is 1.86 bits per heavy atom. The second-order valence-corrected chi connectivity index (χ2v) is 6.73. The van der Waals surface area contributed by atoms with Crippen LogP contribution < -0.4 is 5.32 Å². The molecule has 21 heavy (non-hydrogen) atoms. The van der Waals surface area contributed by atoms with Gasteiger partial charge in [0.1, 0.15) is 0 Å². The van der Waals surface area contributed by atoms with E-state index in [2.05, 4.69) is 24.1 Å². The molecule has 2 bridgehead atoms. The number of nitrogens with one attached hydrogen (secondary N) is 1. The maximum Gasteiger partial charge on any atom is 0.223 e. The molecule has 1 amide bonds. The average Bonchev–Trinajstić information content (AvgIpc) is 2.82. The number of rotatable bonds is 8. The number of carbonyl (C=O) groups is 1. The summed E-state index contributed by atoms with van der Waals surface area (Å²) < 4.78 is 5.19. The van der Waals surface area contributed by atoms with Crippen LogP contribution in [0, 0.1) is 5.92 Å². The molecule has 0 saturated carbocycles. The molecule has 0 aliphatic carbocycles. The molecule has 2 atom stereocenters. The van der Waals surface area contributed by atoms with Crippen LogP contribution in [-0.2, 0) is 9.53 Å². The topological polar surface area (TPSA) is 41.6 Å². The fourth-order valence-corrected chi connectivity index (χ4v) is 4.14. The molecule has 0 aromatic rings. The molecule has 2 heterocycles. The van der Waals surface area contributed by atoms with Gasteiger partial charge in [-0.15, -0.1) is 0 Å². The lowest BCUT2D eigenvalue weighted by Gasteiger charge is -2.34. The number of amides is 1. The third kappa shape index (κ3) is 4.43.